The van der Waals surface area contributed by atoms with Crippen molar-refractivity contribution in [2.75, 3.05) is 26.2 Å². The molecule has 0 saturated heterocycles. The first-order valence-corrected chi connectivity index (χ1v) is 18.9. The van der Waals surface area contributed by atoms with Crippen LogP contribution in [0, 0.1) is 5.41 Å². The molecule has 1 unspecified atom stereocenters. The molecule has 0 aliphatic rings. The summed E-state index contributed by atoms with van der Waals surface area (Å²) in [6.07, 6.45) is -1.72. The van der Waals surface area contributed by atoms with E-state index < -0.39 is 71.2 Å². The van der Waals surface area contributed by atoms with Crippen LogP contribution in [-0.2, 0) is 28.5 Å². The summed E-state index contributed by atoms with van der Waals surface area (Å²) in [5.41, 5.74) is -3.96. The highest BCUT2D eigenvalue weighted by Crippen LogP contribution is 2.20. The summed E-state index contributed by atoms with van der Waals surface area (Å²) < 4.78 is 32.8. The quantitative estimate of drug-likeness (QED) is 0.0532. The monoisotopic (exact) mass is 800 g/mol. The largest absolute Gasteiger partial charge is 0.463 e. The van der Waals surface area contributed by atoms with Crippen LogP contribution in [0.4, 0.5) is 19.2 Å². The van der Waals surface area contributed by atoms with E-state index in [-0.39, 0.29) is 38.2 Å². The molecule has 1 atom stereocenters. The number of alkyl carbamates (subject to hydrolysis) is 3. The fourth-order valence-corrected chi connectivity index (χ4v) is 4.87. The molecule has 4 amide bonds. The van der Waals surface area contributed by atoms with E-state index >= 15 is 0 Å². The van der Waals surface area contributed by atoms with Gasteiger partial charge < -0.3 is 49.7 Å². The van der Waals surface area contributed by atoms with Gasteiger partial charge in [-0.2, -0.15) is 0 Å². The van der Waals surface area contributed by atoms with Gasteiger partial charge in [0, 0.05) is 26.1 Å². The second-order valence-corrected chi connectivity index (χ2v) is 16.5. The second-order valence-electron chi connectivity index (χ2n) is 16.5. The molecule has 0 aliphatic heterocycles. The number of esters is 2. The van der Waals surface area contributed by atoms with Crippen LogP contribution in [0.15, 0.2) is 60.7 Å². The van der Waals surface area contributed by atoms with Crippen molar-refractivity contribution in [3.63, 3.8) is 0 Å². The van der Waals surface area contributed by atoms with Crippen molar-refractivity contribution in [1.29, 1.82) is 0 Å². The molecule has 16 heteroatoms. The van der Waals surface area contributed by atoms with E-state index in [9.17, 15) is 28.8 Å². The number of nitrogens with one attached hydrogen (secondary N) is 4. The maximum atomic E-state index is 13.8. The van der Waals surface area contributed by atoms with Crippen LogP contribution in [0.1, 0.15) is 94.4 Å². The summed E-state index contributed by atoms with van der Waals surface area (Å²) in [5, 5.41) is 10.5. The highest BCUT2D eigenvalue weighted by molar-refractivity contribution is 5.82. The molecule has 0 radical (unpaired) electrons. The molecule has 0 heterocycles. The maximum Gasteiger partial charge on any atom is 0.413 e. The van der Waals surface area contributed by atoms with Crippen molar-refractivity contribution >= 4 is 36.3 Å². The van der Waals surface area contributed by atoms with Crippen LogP contribution < -0.4 is 30.7 Å². The number of carbonyl (C=O) groups excluding carboxylic acids is 6. The predicted octanol–water partition coefficient (Wildman–Crippen LogP) is 6.80. The van der Waals surface area contributed by atoms with Crippen LogP contribution in [0.2, 0.25) is 0 Å². The van der Waals surface area contributed by atoms with Gasteiger partial charge in [-0.3, -0.25) is 4.79 Å². The lowest BCUT2D eigenvalue weighted by molar-refractivity contribution is -0.149. The standard InChI is InChI=1S/C41H60N4O12/c1-38(2,3)55-34(48)42-25-41(26-43-35(49)56-39(4,5)6,27-44-36(50)57-40(7,8)9)28-52-33(47)31(45-37(51)54-30-21-15-11-16-22-30)23-17-12-18-24-32(46)53-29-19-13-10-14-20-29/h10-11,13-16,19-22,31H,12,17-18,23-28H2,1-9H3,(H,42,48)(H,43,49)(H,44,50)(H,45,51). The molecule has 2 rings (SSSR count). The van der Waals surface area contributed by atoms with Gasteiger partial charge in [0.05, 0.1) is 5.41 Å². The SMILES string of the molecule is CC(C)(C)OC(=O)NCC(CNC(=O)OC(C)(C)C)(CNC(=O)OC(C)(C)C)COC(=O)C(CCCCCC(=O)Oc1ccccc1)NC(=O)Oc1ccccc1. The molecule has 316 valence electrons. The van der Waals surface area contributed by atoms with Gasteiger partial charge in [0.2, 0.25) is 0 Å². The zero-order chi connectivity index (χ0) is 42.7. The van der Waals surface area contributed by atoms with Crippen molar-refractivity contribution < 1.29 is 57.2 Å². The molecule has 57 heavy (non-hydrogen) atoms. The van der Waals surface area contributed by atoms with Gasteiger partial charge in [-0.25, -0.2) is 24.0 Å². The van der Waals surface area contributed by atoms with Crippen molar-refractivity contribution in [1.82, 2.24) is 21.3 Å². The van der Waals surface area contributed by atoms with E-state index in [1.165, 1.54) is 0 Å². The Morgan fingerprint density at radius 3 is 1.39 bits per heavy atom. The smallest absolute Gasteiger partial charge is 0.413 e. The molecule has 0 aliphatic carbocycles. The maximum absolute atomic E-state index is 13.8. The van der Waals surface area contributed by atoms with Gasteiger partial charge in [-0.15, -0.1) is 0 Å². The number of para-hydroxylation sites is 2. The van der Waals surface area contributed by atoms with Crippen LogP contribution in [-0.4, -0.2) is 85.4 Å². The number of ether oxygens (including phenoxy) is 6. The Bertz CT molecular complexity index is 1520. The Kier molecular flexibility index (Phi) is 18.6. The van der Waals surface area contributed by atoms with Crippen LogP contribution in [0.25, 0.3) is 0 Å². The number of hydrogen-bond acceptors (Lipinski definition) is 12. The molecule has 16 nitrogen and oxygen atoms in total. The predicted molar refractivity (Wildman–Crippen MR) is 211 cm³/mol. The molecular weight excluding hydrogens is 740 g/mol. The first kappa shape index (κ1) is 47.6. The number of rotatable bonds is 18. The molecule has 2 aromatic carbocycles. The third-order valence-corrected chi connectivity index (χ3v) is 7.42. The first-order chi connectivity index (χ1) is 26.5. The van der Waals surface area contributed by atoms with E-state index in [1.807, 2.05) is 6.07 Å². The van der Waals surface area contributed by atoms with E-state index in [0.29, 0.717) is 25.0 Å². The van der Waals surface area contributed by atoms with Gasteiger partial charge in [0.25, 0.3) is 0 Å². The van der Waals surface area contributed by atoms with Crippen molar-refractivity contribution in [3.8, 4) is 11.5 Å². The Labute approximate surface area is 335 Å². The van der Waals surface area contributed by atoms with Gasteiger partial charge in [-0.1, -0.05) is 49.2 Å². The lowest BCUT2D eigenvalue weighted by atomic mass is 9.88. The minimum atomic E-state index is -1.41. The third kappa shape index (κ3) is 22.0. The summed E-state index contributed by atoms with van der Waals surface area (Å²) in [5.74, 6) is -0.586. The summed E-state index contributed by atoms with van der Waals surface area (Å²) >= 11 is 0. The molecule has 0 aromatic heterocycles. The van der Waals surface area contributed by atoms with Gasteiger partial charge in [-0.05, 0) is 99.4 Å². The Morgan fingerprint density at radius 1 is 0.544 bits per heavy atom. The van der Waals surface area contributed by atoms with Crippen LogP contribution in [0.5, 0.6) is 11.5 Å². The minimum absolute atomic E-state index is 0.103. The fourth-order valence-electron chi connectivity index (χ4n) is 4.87. The normalized spacial score (nSPS) is 12.2. The average Bonchev–Trinajstić information content (AvgIpc) is 3.09. The zero-order valence-corrected chi connectivity index (χ0v) is 34.6. The van der Waals surface area contributed by atoms with E-state index in [4.69, 9.17) is 28.4 Å². The second kappa shape index (κ2) is 22.3. The minimum Gasteiger partial charge on any atom is -0.463 e. The molecule has 0 saturated carbocycles. The number of benzene rings is 2. The van der Waals surface area contributed by atoms with Gasteiger partial charge in [0.1, 0.15) is 41.0 Å². The Hall–Kier alpha value is -5.54. The number of carbonyl (C=O) groups is 6. The van der Waals surface area contributed by atoms with Crippen molar-refractivity contribution in [2.24, 2.45) is 5.41 Å². The number of hydrogen-bond donors (Lipinski definition) is 4. The average molecular weight is 801 g/mol. The summed E-state index contributed by atoms with van der Waals surface area (Å²) in [4.78, 5) is 77.6. The van der Waals surface area contributed by atoms with Crippen LogP contribution in [0.3, 0.4) is 0 Å². The number of amides is 4. The lowest BCUT2D eigenvalue weighted by Gasteiger charge is -2.35. The molecule has 4 N–H and O–H groups in total. The molecular formula is C41H60N4O12. The first-order valence-electron chi connectivity index (χ1n) is 18.9. The summed E-state index contributed by atoms with van der Waals surface area (Å²) in [6, 6.07) is 15.7. The van der Waals surface area contributed by atoms with E-state index in [2.05, 4.69) is 21.3 Å². The zero-order valence-electron chi connectivity index (χ0n) is 34.6. The van der Waals surface area contributed by atoms with Gasteiger partial charge in [0.15, 0.2) is 0 Å². The summed E-state index contributed by atoms with van der Waals surface area (Å²) in [7, 11) is 0. The Morgan fingerprint density at radius 2 is 0.965 bits per heavy atom. The highest BCUT2D eigenvalue weighted by atomic mass is 16.6. The number of unbranched alkanes of at least 4 members (excludes halogenated alkanes) is 2. The third-order valence-electron chi connectivity index (χ3n) is 7.42. The summed E-state index contributed by atoms with van der Waals surface area (Å²) in [6.45, 7) is 13.9. The topological polar surface area (TPSA) is 206 Å². The van der Waals surface area contributed by atoms with Gasteiger partial charge >= 0.3 is 36.3 Å². The highest BCUT2D eigenvalue weighted by Gasteiger charge is 2.37. The van der Waals surface area contributed by atoms with Crippen molar-refractivity contribution in [3.05, 3.63) is 60.7 Å². The lowest BCUT2D eigenvalue weighted by Crippen LogP contribution is -2.56. The van der Waals surface area contributed by atoms with E-state index in [1.54, 1.807) is 117 Å². The van der Waals surface area contributed by atoms with E-state index in [0.717, 1.165) is 0 Å². The molecule has 0 bridgehead atoms. The Balaban J connectivity index is 2.30. The molecule has 0 spiro atoms. The van der Waals surface area contributed by atoms with Crippen molar-refractivity contribution in [2.45, 2.75) is 117 Å². The molecule has 2 aromatic rings. The van der Waals surface area contributed by atoms with Crippen LogP contribution >= 0.6 is 0 Å². The molecule has 0 fully saturated rings. The fraction of sp³-hybridized carbons (Fsp3) is 0.561.